The smallest absolute Gasteiger partial charge is 0.387 e. The number of phosphoric ester groups is 1. The molecule has 73 heavy (non-hydrogen) atoms. The second-order valence-corrected chi connectivity index (χ2v) is 23.9. The summed E-state index contributed by atoms with van der Waals surface area (Å²) in [5.41, 5.74) is 0. The van der Waals surface area contributed by atoms with E-state index in [1.807, 2.05) is 27.2 Å². The van der Waals surface area contributed by atoms with Crippen LogP contribution < -0.4 is 5.32 Å². The van der Waals surface area contributed by atoms with Gasteiger partial charge in [0, 0.05) is 6.42 Å². The maximum absolute atomic E-state index is 13.0. The number of aliphatic hydroxyl groups excluding tert-OH is 1. The summed E-state index contributed by atoms with van der Waals surface area (Å²) in [7, 11) is 1.56. The third kappa shape index (κ3) is 57.7. The molecule has 0 aromatic heterocycles. The van der Waals surface area contributed by atoms with E-state index in [2.05, 4.69) is 67.8 Å². The monoisotopic (exact) mass is 1050 g/mol. The van der Waals surface area contributed by atoms with Gasteiger partial charge in [-0.2, -0.15) is 0 Å². The lowest BCUT2D eigenvalue weighted by molar-refractivity contribution is -0.870. The molecule has 1 amide bonds. The van der Waals surface area contributed by atoms with Crippen LogP contribution in [0.2, 0.25) is 0 Å². The van der Waals surface area contributed by atoms with E-state index in [-0.39, 0.29) is 19.1 Å². The average molecular weight is 1050 g/mol. The Labute approximate surface area is 453 Å². The average Bonchev–Trinajstić information content (AvgIpc) is 3.35. The first-order chi connectivity index (χ1) is 35.5. The van der Waals surface area contributed by atoms with Gasteiger partial charge < -0.3 is 19.8 Å². The summed E-state index contributed by atoms with van der Waals surface area (Å²) in [4.78, 5) is 23.3. The molecule has 0 saturated heterocycles. The van der Waals surface area contributed by atoms with Crippen LogP contribution in [0.25, 0.3) is 0 Å². The van der Waals surface area contributed by atoms with Crippen molar-refractivity contribution in [2.45, 2.75) is 302 Å². The van der Waals surface area contributed by atoms with Crippen LogP contribution in [-0.4, -0.2) is 73.4 Å². The van der Waals surface area contributed by atoms with Crippen LogP contribution in [0.5, 0.6) is 0 Å². The SMILES string of the molecule is CCCCCCC/C=C\C/C=C\C/C=C\CCCCCCCCCCCCCCCCCCCCC(=O)NC(COP(=O)(O)OCC[N+](C)(C)C)C(O)/C=C/CC/C=C/CCCCCCCCCCCCCC. The number of carbonyl (C=O) groups excluding carboxylic acids is 1. The minimum Gasteiger partial charge on any atom is -0.387 e. The molecular formula is C64H122N2O6P+. The van der Waals surface area contributed by atoms with Gasteiger partial charge in [0.1, 0.15) is 13.2 Å². The molecule has 0 rings (SSSR count). The van der Waals surface area contributed by atoms with Gasteiger partial charge >= 0.3 is 7.82 Å². The number of allylic oxidation sites excluding steroid dienone is 9. The molecule has 0 spiro atoms. The normalized spacial score (nSPS) is 14.2. The first-order valence-electron chi connectivity index (χ1n) is 31.2. The maximum atomic E-state index is 13.0. The molecule has 428 valence electrons. The second kappa shape index (κ2) is 55.0. The lowest BCUT2D eigenvalue weighted by atomic mass is 10.0. The summed E-state index contributed by atoms with van der Waals surface area (Å²) >= 11 is 0. The molecule has 0 bridgehead atoms. The van der Waals surface area contributed by atoms with Crippen LogP contribution in [0.4, 0.5) is 0 Å². The van der Waals surface area contributed by atoms with Gasteiger partial charge in [-0.25, -0.2) is 4.57 Å². The molecule has 0 aliphatic heterocycles. The van der Waals surface area contributed by atoms with Crippen molar-refractivity contribution in [2.75, 3.05) is 40.9 Å². The highest BCUT2D eigenvalue weighted by molar-refractivity contribution is 7.47. The van der Waals surface area contributed by atoms with E-state index >= 15 is 0 Å². The Morgan fingerprint density at radius 3 is 1.19 bits per heavy atom. The maximum Gasteiger partial charge on any atom is 0.472 e. The van der Waals surface area contributed by atoms with Crippen molar-refractivity contribution in [1.29, 1.82) is 0 Å². The second-order valence-electron chi connectivity index (χ2n) is 22.4. The fourth-order valence-corrected chi connectivity index (χ4v) is 9.80. The van der Waals surface area contributed by atoms with Gasteiger partial charge in [-0.1, -0.05) is 274 Å². The molecular weight excluding hydrogens is 924 g/mol. The van der Waals surface area contributed by atoms with Gasteiger partial charge in [-0.05, 0) is 70.6 Å². The minimum absolute atomic E-state index is 0.0560. The van der Waals surface area contributed by atoms with E-state index in [1.54, 1.807) is 6.08 Å². The van der Waals surface area contributed by atoms with E-state index in [4.69, 9.17) is 9.05 Å². The predicted octanol–water partition coefficient (Wildman–Crippen LogP) is 19.3. The Kier molecular flexibility index (Phi) is 53.6. The van der Waals surface area contributed by atoms with Gasteiger partial charge in [0.2, 0.25) is 5.91 Å². The Morgan fingerprint density at radius 2 is 0.795 bits per heavy atom. The van der Waals surface area contributed by atoms with Crippen molar-refractivity contribution in [3.63, 3.8) is 0 Å². The first kappa shape index (κ1) is 71.2. The third-order valence-electron chi connectivity index (χ3n) is 14.0. The van der Waals surface area contributed by atoms with Gasteiger partial charge in [0.25, 0.3) is 0 Å². The Balaban J connectivity index is 4.09. The highest BCUT2D eigenvalue weighted by Crippen LogP contribution is 2.43. The molecule has 3 N–H and O–H groups in total. The van der Waals surface area contributed by atoms with Crippen molar-refractivity contribution in [2.24, 2.45) is 0 Å². The zero-order chi connectivity index (χ0) is 53.5. The van der Waals surface area contributed by atoms with E-state index in [1.165, 1.54) is 218 Å². The van der Waals surface area contributed by atoms with Gasteiger partial charge in [0.05, 0.1) is 39.9 Å². The largest absolute Gasteiger partial charge is 0.472 e. The number of phosphoric acid groups is 1. The molecule has 3 atom stereocenters. The number of aliphatic hydroxyl groups is 1. The summed E-state index contributed by atoms with van der Waals surface area (Å²) in [6, 6.07) is -0.864. The van der Waals surface area contributed by atoms with E-state index in [0.29, 0.717) is 17.4 Å². The zero-order valence-electron chi connectivity index (χ0n) is 48.9. The molecule has 0 aliphatic rings. The number of carbonyl (C=O) groups is 1. The van der Waals surface area contributed by atoms with Crippen LogP contribution in [0, 0.1) is 0 Å². The number of nitrogens with one attached hydrogen (secondary N) is 1. The molecule has 0 aromatic carbocycles. The Hall–Kier alpha value is -1.80. The van der Waals surface area contributed by atoms with Crippen LogP contribution in [0.3, 0.4) is 0 Å². The molecule has 0 fully saturated rings. The van der Waals surface area contributed by atoms with E-state index in [9.17, 15) is 19.4 Å². The number of nitrogens with zero attached hydrogens (tertiary/aromatic N) is 1. The molecule has 3 unspecified atom stereocenters. The summed E-state index contributed by atoms with van der Waals surface area (Å²) in [6.45, 7) is 4.81. The minimum atomic E-state index is -4.36. The van der Waals surface area contributed by atoms with E-state index in [0.717, 1.165) is 51.4 Å². The van der Waals surface area contributed by atoms with Crippen molar-refractivity contribution >= 4 is 13.7 Å². The molecule has 0 heterocycles. The van der Waals surface area contributed by atoms with Crippen molar-refractivity contribution in [3.05, 3.63) is 60.8 Å². The number of hydrogen-bond donors (Lipinski definition) is 3. The predicted molar refractivity (Wildman–Crippen MR) is 318 cm³/mol. The van der Waals surface area contributed by atoms with Gasteiger partial charge in [-0.15, -0.1) is 0 Å². The fraction of sp³-hybridized carbons (Fsp3) is 0.828. The summed E-state index contributed by atoms with van der Waals surface area (Å²) < 4.78 is 23.7. The Bertz CT molecular complexity index is 1370. The summed E-state index contributed by atoms with van der Waals surface area (Å²) in [6.07, 6.45) is 74.9. The zero-order valence-corrected chi connectivity index (χ0v) is 49.8. The topological polar surface area (TPSA) is 105 Å². The van der Waals surface area contributed by atoms with Crippen molar-refractivity contribution in [1.82, 2.24) is 5.32 Å². The van der Waals surface area contributed by atoms with Crippen LogP contribution in [0.15, 0.2) is 60.8 Å². The molecule has 8 nitrogen and oxygen atoms in total. The molecule has 0 radical (unpaired) electrons. The highest BCUT2D eigenvalue weighted by atomic mass is 31.2. The highest BCUT2D eigenvalue weighted by Gasteiger charge is 2.27. The summed E-state index contributed by atoms with van der Waals surface area (Å²) in [5, 5.41) is 13.9. The van der Waals surface area contributed by atoms with Crippen LogP contribution >= 0.6 is 7.82 Å². The third-order valence-corrected chi connectivity index (χ3v) is 14.9. The molecule has 0 saturated carbocycles. The fourth-order valence-electron chi connectivity index (χ4n) is 9.07. The lowest BCUT2D eigenvalue weighted by Crippen LogP contribution is -2.45. The quantitative estimate of drug-likeness (QED) is 0.0243. The standard InChI is InChI=1S/C64H121N2O6P/c1-6-8-10-12-14-16-18-20-22-24-26-27-28-29-30-31-32-33-34-35-36-37-38-39-40-42-44-46-48-50-52-54-56-58-64(68)65-62(61-72-73(69,70)71-60-59-66(3,4)5)63(67)57-55-53-51-49-47-45-43-41-25-23-21-19-17-15-13-11-9-7-2/h18,20,24,26,28-29,47,49,55,57,62-63,67H,6-17,19,21-23,25,27,30-46,48,50-54,56,58-61H2,1-5H3,(H-,65,68,69,70)/p+1/b20-18-,26-24-,29-28-,49-47+,57-55+. The lowest BCUT2D eigenvalue weighted by Gasteiger charge is -2.25. The van der Waals surface area contributed by atoms with Crippen LogP contribution in [0.1, 0.15) is 290 Å². The number of quaternary nitrogens is 1. The number of unbranched alkanes of at least 4 members (excludes halogenated alkanes) is 36. The number of likely N-dealkylation sites (N-methyl/N-ethyl adjacent to an activating group) is 1. The number of rotatable bonds is 57. The summed E-state index contributed by atoms with van der Waals surface area (Å²) in [5.74, 6) is -0.184. The molecule has 0 aliphatic carbocycles. The number of amides is 1. The van der Waals surface area contributed by atoms with Crippen molar-refractivity contribution < 1.29 is 32.9 Å². The first-order valence-corrected chi connectivity index (χ1v) is 32.7. The molecule has 0 aromatic rings. The van der Waals surface area contributed by atoms with E-state index < -0.39 is 20.0 Å². The van der Waals surface area contributed by atoms with Gasteiger partial charge in [0.15, 0.2) is 0 Å². The van der Waals surface area contributed by atoms with Crippen LogP contribution in [-0.2, 0) is 18.4 Å². The van der Waals surface area contributed by atoms with Gasteiger partial charge in [-0.3, -0.25) is 13.8 Å². The number of hydrogen-bond acceptors (Lipinski definition) is 5. The Morgan fingerprint density at radius 1 is 0.466 bits per heavy atom. The molecule has 9 heteroatoms. The van der Waals surface area contributed by atoms with Crippen molar-refractivity contribution in [3.8, 4) is 0 Å².